The van der Waals surface area contributed by atoms with Crippen molar-refractivity contribution in [2.45, 2.75) is 13.5 Å². The minimum absolute atomic E-state index is 0.326. The summed E-state index contributed by atoms with van der Waals surface area (Å²) in [6.45, 7) is 2.34. The van der Waals surface area contributed by atoms with E-state index in [1.165, 1.54) is 24.8 Å². The highest BCUT2D eigenvalue weighted by Gasteiger charge is 2.13. The first-order valence-corrected chi connectivity index (χ1v) is 7.66. The van der Waals surface area contributed by atoms with Crippen LogP contribution in [0.2, 0.25) is 0 Å². The molecule has 0 atom stereocenters. The van der Waals surface area contributed by atoms with E-state index in [1.54, 1.807) is 6.07 Å². The lowest BCUT2D eigenvalue weighted by atomic mass is 10.2. The molecule has 2 aromatic heterocycles. The summed E-state index contributed by atoms with van der Waals surface area (Å²) >= 11 is 1.40. The number of esters is 1. The molecule has 6 nitrogen and oxygen atoms in total. The Kier molecular flexibility index (Phi) is 4.38. The third-order valence-electron chi connectivity index (χ3n) is 3.26. The molecular weight excluding hydrogens is 316 g/mol. The van der Waals surface area contributed by atoms with Gasteiger partial charge in [-0.2, -0.15) is 0 Å². The van der Waals surface area contributed by atoms with E-state index in [4.69, 9.17) is 13.9 Å². The second-order valence-corrected chi connectivity index (χ2v) is 6.00. The van der Waals surface area contributed by atoms with Crippen molar-refractivity contribution in [3.05, 3.63) is 52.0 Å². The molecular formula is C16H14N2O4S. The summed E-state index contributed by atoms with van der Waals surface area (Å²) in [4.78, 5) is 13.1. The Hall–Kier alpha value is -2.67. The van der Waals surface area contributed by atoms with Gasteiger partial charge >= 0.3 is 5.97 Å². The summed E-state index contributed by atoms with van der Waals surface area (Å²) < 4.78 is 15.6. The number of aromatic nitrogens is 2. The van der Waals surface area contributed by atoms with Gasteiger partial charge in [-0.15, -0.1) is 21.5 Å². The van der Waals surface area contributed by atoms with Crippen LogP contribution >= 0.6 is 11.3 Å². The van der Waals surface area contributed by atoms with Gasteiger partial charge in [-0.25, -0.2) is 4.79 Å². The fourth-order valence-corrected chi connectivity index (χ4v) is 2.96. The van der Waals surface area contributed by atoms with E-state index < -0.39 is 0 Å². The van der Waals surface area contributed by atoms with Crippen LogP contribution in [0.15, 0.2) is 41.1 Å². The van der Waals surface area contributed by atoms with Crippen molar-refractivity contribution in [3.63, 3.8) is 0 Å². The summed E-state index contributed by atoms with van der Waals surface area (Å²) in [6.07, 6.45) is 1.29. The maximum atomic E-state index is 11.5. The lowest BCUT2D eigenvalue weighted by Crippen LogP contribution is -1.98. The molecule has 0 radical (unpaired) electrons. The summed E-state index contributed by atoms with van der Waals surface area (Å²) in [5, 5.41) is 7.49. The normalized spacial score (nSPS) is 10.5. The average molecular weight is 330 g/mol. The van der Waals surface area contributed by atoms with Crippen molar-refractivity contribution in [2.24, 2.45) is 0 Å². The zero-order chi connectivity index (χ0) is 16.2. The van der Waals surface area contributed by atoms with E-state index in [9.17, 15) is 4.79 Å². The highest BCUT2D eigenvalue weighted by molar-refractivity contribution is 7.14. The highest BCUT2D eigenvalue weighted by atomic mass is 32.1. The number of rotatable bonds is 5. The van der Waals surface area contributed by atoms with E-state index in [1.807, 2.05) is 31.2 Å². The molecule has 118 valence electrons. The van der Waals surface area contributed by atoms with Crippen LogP contribution in [0.1, 0.15) is 20.1 Å². The fraction of sp³-hybridized carbons (Fsp3) is 0.188. The molecule has 0 aliphatic rings. The van der Waals surface area contributed by atoms with Gasteiger partial charge in [0.05, 0.1) is 7.11 Å². The third-order valence-corrected chi connectivity index (χ3v) is 4.34. The molecule has 3 aromatic rings. The summed E-state index contributed by atoms with van der Waals surface area (Å²) in [7, 11) is 1.37. The summed E-state index contributed by atoms with van der Waals surface area (Å²) in [5.41, 5.74) is 1.80. The first kappa shape index (κ1) is 15.2. The number of hydrogen-bond acceptors (Lipinski definition) is 7. The molecule has 0 fully saturated rings. The van der Waals surface area contributed by atoms with Gasteiger partial charge in [0.25, 0.3) is 0 Å². The molecule has 0 bridgehead atoms. The van der Waals surface area contributed by atoms with Gasteiger partial charge in [-0.05, 0) is 37.3 Å². The second-order valence-electron chi connectivity index (χ2n) is 4.74. The van der Waals surface area contributed by atoms with E-state index in [0.29, 0.717) is 17.4 Å². The lowest BCUT2D eigenvalue weighted by molar-refractivity contribution is 0.0606. The SMILES string of the molecule is COC(=O)c1cc(COc2ccc(-c3nnco3)cc2)c(C)s1. The molecule has 0 unspecified atom stereocenters. The smallest absolute Gasteiger partial charge is 0.348 e. The molecule has 0 aliphatic carbocycles. The molecule has 23 heavy (non-hydrogen) atoms. The molecule has 0 saturated heterocycles. The predicted octanol–water partition coefficient (Wildman–Crippen LogP) is 3.47. The number of carbonyl (C=O) groups excluding carboxylic acids is 1. The molecule has 0 spiro atoms. The van der Waals surface area contributed by atoms with Crippen molar-refractivity contribution in [1.29, 1.82) is 0 Å². The van der Waals surface area contributed by atoms with Crippen LogP contribution in [0.4, 0.5) is 0 Å². The maximum absolute atomic E-state index is 11.5. The minimum Gasteiger partial charge on any atom is -0.489 e. The predicted molar refractivity (Wildman–Crippen MR) is 84.5 cm³/mol. The number of ether oxygens (including phenoxy) is 2. The van der Waals surface area contributed by atoms with Crippen LogP contribution in [-0.4, -0.2) is 23.3 Å². The number of thiophene rings is 1. The molecule has 0 amide bonds. The van der Waals surface area contributed by atoms with Crippen LogP contribution < -0.4 is 4.74 Å². The second kappa shape index (κ2) is 6.62. The molecule has 0 N–H and O–H groups in total. The Morgan fingerprint density at radius 2 is 2.09 bits per heavy atom. The lowest BCUT2D eigenvalue weighted by Gasteiger charge is -2.06. The Morgan fingerprint density at radius 1 is 1.30 bits per heavy atom. The largest absolute Gasteiger partial charge is 0.489 e. The van der Waals surface area contributed by atoms with Crippen LogP contribution in [0.5, 0.6) is 5.75 Å². The number of methoxy groups -OCH3 is 1. The molecule has 0 saturated carbocycles. The fourth-order valence-electron chi connectivity index (χ4n) is 2.02. The van der Waals surface area contributed by atoms with Gasteiger partial charge < -0.3 is 13.9 Å². The van der Waals surface area contributed by atoms with E-state index >= 15 is 0 Å². The van der Waals surface area contributed by atoms with Gasteiger partial charge in [0.15, 0.2) is 0 Å². The standard InChI is InChI=1S/C16H14N2O4S/c1-10-12(7-14(23-10)16(19)20-2)8-21-13-5-3-11(4-6-13)15-18-17-9-22-15/h3-7,9H,8H2,1-2H3. The number of nitrogens with zero attached hydrogens (tertiary/aromatic N) is 2. The van der Waals surface area contributed by atoms with Gasteiger partial charge in [0.2, 0.25) is 12.3 Å². The summed E-state index contributed by atoms with van der Waals surface area (Å²) in [5.74, 6) is 0.861. The zero-order valence-corrected chi connectivity index (χ0v) is 13.4. The Morgan fingerprint density at radius 3 is 2.74 bits per heavy atom. The highest BCUT2D eigenvalue weighted by Crippen LogP contribution is 2.25. The van der Waals surface area contributed by atoms with Crippen LogP contribution in [0.25, 0.3) is 11.5 Å². The number of aryl methyl sites for hydroxylation is 1. The maximum Gasteiger partial charge on any atom is 0.348 e. The van der Waals surface area contributed by atoms with Crippen molar-refractivity contribution >= 4 is 17.3 Å². The van der Waals surface area contributed by atoms with Crippen molar-refractivity contribution in [1.82, 2.24) is 10.2 Å². The molecule has 7 heteroatoms. The molecule has 2 heterocycles. The van der Waals surface area contributed by atoms with Crippen molar-refractivity contribution in [3.8, 4) is 17.2 Å². The Labute approximate surface area is 136 Å². The van der Waals surface area contributed by atoms with Gasteiger partial charge in [-0.1, -0.05) is 0 Å². The molecule has 3 rings (SSSR count). The monoisotopic (exact) mass is 330 g/mol. The third kappa shape index (κ3) is 3.40. The zero-order valence-electron chi connectivity index (χ0n) is 12.6. The number of benzene rings is 1. The first-order chi connectivity index (χ1) is 11.2. The quantitative estimate of drug-likeness (QED) is 0.667. The Balaban J connectivity index is 1.66. The van der Waals surface area contributed by atoms with Crippen LogP contribution in [0.3, 0.4) is 0 Å². The first-order valence-electron chi connectivity index (χ1n) is 6.84. The number of hydrogen-bond donors (Lipinski definition) is 0. The van der Waals surface area contributed by atoms with Crippen LogP contribution in [0, 0.1) is 6.92 Å². The minimum atomic E-state index is -0.326. The molecule has 1 aromatic carbocycles. The van der Waals surface area contributed by atoms with Crippen molar-refractivity contribution < 1.29 is 18.7 Å². The van der Waals surface area contributed by atoms with E-state index in [0.717, 1.165) is 21.8 Å². The van der Waals surface area contributed by atoms with Crippen molar-refractivity contribution in [2.75, 3.05) is 7.11 Å². The topological polar surface area (TPSA) is 74.5 Å². The van der Waals surface area contributed by atoms with Gasteiger partial charge in [-0.3, -0.25) is 0 Å². The number of carbonyl (C=O) groups is 1. The molecule has 0 aliphatic heterocycles. The van der Waals surface area contributed by atoms with Crippen LogP contribution in [-0.2, 0) is 11.3 Å². The van der Waals surface area contributed by atoms with Gasteiger partial charge in [0, 0.05) is 16.0 Å². The average Bonchev–Trinajstić information content (AvgIpc) is 3.23. The summed E-state index contributed by atoms with van der Waals surface area (Å²) in [6, 6.07) is 9.18. The van der Waals surface area contributed by atoms with E-state index in [-0.39, 0.29) is 5.97 Å². The Bertz CT molecular complexity index is 794. The van der Waals surface area contributed by atoms with Gasteiger partial charge in [0.1, 0.15) is 17.2 Å². The van der Waals surface area contributed by atoms with E-state index in [2.05, 4.69) is 10.2 Å².